The maximum Gasteiger partial charge on any atom is 0.311 e. The number of benzene rings is 1. The molecule has 0 aliphatic rings. The van der Waals surface area contributed by atoms with E-state index >= 15 is 0 Å². The second kappa shape index (κ2) is 5.64. The quantitative estimate of drug-likeness (QED) is 0.476. The maximum atomic E-state index is 11.6. The van der Waals surface area contributed by atoms with Crippen molar-refractivity contribution in [1.82, 2.24) is 0 Å². The normalized spacial score (nSPS) is 10.9. The fraction of sp³-hybridized carbons (Fsp3) is 0.417. The summed E-state index contributed by atoms with van der Waals surface area (Å²) in [5, 5.41) is 21.5. The van der Waals surface area contributed by atoms with Crippen LogP contribution in [-0.2, 0) is 16.0 Å². The van der Waals surface area contributed by atoms with E-state index in [2.05, 4.69) is 0 Å². The zero-order chi connectivity index (χ0) is 15.5. The molecule has 20 heavy (non-hydrogen) atoms. The lowest BCUT2D eigenvalue weighted by atomic mass is 10.1. The Morgan fingerprint density at radius 3 is 2.25 bits per heavy atom. The lowest BCUT2D eigenvalue weighted by molar-refractivity contribution is -0.394. The molecule has 0 heterocycles. The fourth-order valence-corrected chi connectivity index (χ4v) is 1.52. The van der Waals surface area contributed by atoms with Crippen molar-refractivity contribution in [3.05, 3.63) is 44.0 Å². The Balaban J connectivity index is 3.03. The van der Waals surface area contributed by atoms with Gasteiger partial charge in [-0.25, -0.2) is 0 Å². The summed E-state index contributed by atoms with van der Waals surface area (Å²) in [7, 11) is 0. The summed E-state index contributed by atoms with van der Waals surface area (Å²) in [6.07, 6.45) is -0.314. The molecule has 1 aromatic carbocycles. The van der Waals surface area contributed by atoms with Crippen LogP contribution >= 0.6 is 0 Å². The Hall–Kier alpha value is -2.51. The highest BCUT2D eigenvalue weighted by atomic mass is 16.6. The highest BCUT2D eigenvalue weighted by Crippen LogP contribution is 2.25. The van der Waals surface area contributed by atoms with E-state index in [1.807, 2.05) is 0 Å². The Labute approximate surface area is 114 Å². The van der Waals surface area contributed by atoms with Gasteiger partial charge in [0.2, 0.25) is 0 Å². The molecule has 0 N–H and O–H groups in total. The van der Waals surface area contributed by atoms with Gasteiger partial charge >= 0.3 is 5.97 Å². The average molecular weight is 282 g/mol. The van der Waals surface area contributed by atoms with Gasteiger partial charge in [-0.1, -0.05) is 0 Å². The van der Waals surface area contributed by atoms with Crippen molar-refractivity contribution in [2.45, 2.75) is 32.8 Å². The van der Waals surface area contributed by atoms with Gasteiger partial charge in [-0.3, -0.25) is 25.0 Å². The van der Waals surface area contributed by atoms with E-state index in [9.17, 15) is 25.0 Å². The summed E-state index contributed by atoms with van der Waals surface area (Å²) in [4.78, 5) is 31.6. The lowest BCUT2D eigenvalue weighted by Gasteiger charge is -2.19. The number of carbonyl (C=O) groups excluding carboxylic acids is 1. The molecule has 1 aromatic rings. The molecule has 0 atom stereocenters. The molecule has 1 rings (SSSR count). The number of nitro benzene ring substituents is 2. The predicted octanol–water partition coefficient (Wildman–Crippen LogP) is 2.39. The monoisotopic (exact) mass is 282 g/mol. The molecule has 0 saturated heterocycles. The summed E-state index contributed by atoms with van der Waals surface area (Å²) >= 11 is 0. The van der Waals surface area contributed by atoms with Crippen LogP contribution in [0.25, 0.3) is 0 Å². The fourth-order valence-electron chi connectivity index (χ4n) is 1.52. The highest BCUT2D eigenvalue weighted by Gasteiger charge is 2.23. The molecule has 0 saturated carbocycles. The van der Waals surface area contributed by atoms with Crippen LogP contribution in [0, 0.1) is 20.2 Å². The third-order valence-electron chi connectivity index (χ3n) is 2.23. The first-order chi connectivity index (χ1) is 9.10. The SMILES string of the molecule is CC(C)(C)OC(=O)Cc1ccc([N+](=O)[O-])cc1[N+](=O)[O-]. The predicted molar refractivity (Wildman–Crippen MR) is 69.3 cm³/mol. The van der Waals surface area contributed by atoms with E-state index in [1.165, 1.54) is 6.07 Å². The third-order valence-corrected chi connectivity index (χ3v) is 2.23. The maximum absolute atomic E-state index is 11.6. The average Bonchev–Trinajstić information content (AvgIpc) is 2.25. The number of hydrogen-bond acceptors (Lipinski definition) is 6. The van der Waals surface area contributed by atoms with Crippen molar-refractivity contribution in [2.24, 2.45) is 0 Å². The number of esters is 1. The lowest BCUT2D eigenvalue weighted by Crippen LogP contribution is -2.25. The smallest absolute Gasteiger partial charge is 0.311 e. The molecular formula is C12H14N2O6. The largest absolute Gasteiger partial charge is 0.460 e. The van der Waals surface area contributed by atoms with Crippen molar-refractivity contribution in [2.75, 3.05) is 0 Å². The zero-order valence-corrected chi connectivity index (χ0v) is 11.3. The van der Waals surface area contributed by atoms with E-state index in [4.69, 9.17) is 4.74 Å². The van der Waals surface area contributed by atoms with Crippen LogP contribution in [0.15, 0.2) is 18.2 Å². The summed E-state index contributed by atoms with van der Waals surface area (Å²) in [5.74, 6) is -0.630. The molecule has 0 fully saturated rings. The third kappa shape index (κ3) is 4.30. The van der Waals surface area contributed by atoms with Gasteiger partial charge < -0.3 is 4.74 Å². The van der Waals surface area contributed by atoms with E-state index < -0.39 is 32.8 Å². The Morgan fingerprint density at radius 1 is 1.20 bits per heavy atom. The van der Waals surface area contributed by atoms with Gasteiger partial charge in [-0.05, 0) is 26.8 Å². The Morgan fingerprint density at radius 2 is 1.80 bits per heavy atom. The van der Waals surface area contributed by atoms with Crippen LogP contribution < -0.4 is 0 Å². The van der Waals surface area contributed by atoms with Crippen LogP contribution in [0.3, 0.4) is 0 Å². The standard InChI is InChI=1S/C12H14N2O6/c1-12(2,3)20-11(15)6-8-4-5-9(13(16)17)7-10(8)14(18)19/h4-5,7H,6H2,1-3H3. The van der Waals surface area contributed by atoms with Gasteiger partial charge in [0, 0.05) is 11.6 Å². The van der Waals surface area contributed by atoms with E-state index in [1.54, 1.807) is 20.8 Å². The number of non-ortho nitro benzene ring substituents is 1. The molecule has 0 amide bonds. The van der Waals surface area contributed by atoms with E-state index in [0.29, 0.717) is 0 Å². The minimum absolute atomic E-state index is 0.0786. The van der Waals surface area contributed by atoms with Gasteiger partial charge in [0.1, 0.15) is 5.60 Å². The van der Waals surface area contributed by atoms with Crippen LogP contribution in [0.1, 0.15) is 26.3 Å². The van der Waals surface area contributed by atoms with Crippen molar-refractivity contribution >= 4 is 17.3 Å². The van der Waals surface area contributed by atoms with Crippen molar-refractivity contribution in [1.29, 1.82) is 0 Å². The Kier molecular flexibility index (Phi) is 4.38. The van der Waals surface area contributed by atoms with Gasteiger partial charge in [-0.2, -0.15) is 0 Å². The van der Waals surface area contributed by atoms with Gasteiger partial charge in [0.25, 0.3) is 11.4 Å². The summed E-state index contributed by atoms with van der Waals surface area (Å²) in [6, 6.07) is 3.15. The van der Waals surface area contributed by atoms with E-state index in [-0.39, 0.29) is 12.0 Å². The van der Waals surface area contributed by atoms with Gasteiger partial charge in [-0.15, -0.1) is 0 Å². The molecule has 8 heteroatoms. The number of hydrogen-bond donors (Lipinski definition) is 0. The summed E-state index contributed by atoms with van der Waals surface area (Å²) in [6.45, 7) is 5.03. The summed E-state index contributed by atoms with van der Waals surface area (Å²) < 4.78 is 5.06. The highest BCUT2D eigenvalue weighted by molar-refractivity contribution is 5.75. The first-order valence-electron chi connectivity index (χ1n) is 5.74. The number of nitrogens with zero attached hydrogens (tertiary/aromatic N) is 2. The minimum atomic E-state index is -0.757. The molecule has 0 aromatic heterocycles. The molecule has 108 valence electrons. The summed E-state index contributed by atoms with van der Waals surface area (Å²) in [5.41, 5.74) is -1.49. The van der Waals surface area contributed by atoms with Crippen LogP contribution in [0.2, 0.25) is 0 Å². The van der Waals surface area contributed by atoms with Crippen LogP contribution in [0.5, 0.6) is 0 Å². The van der Waals surface area contributed by atoms with Crippen LogP contribution in [-0.4, -0.2) is 21.4 Å². The molecule has 0 aliphatic carbocycles. The first-order valence-corrected chi connectivity index (χ1v) is 5.74. The van der Waals surface area contributed by atoms with E-state index in [0.717, 1.165) is 12.1 Å². The second-order valence-corrected chi connectivity index (χ2v) is 5.09. The molecule has 0 radical (unpaired) electrons. The molecule has 0 unspecified atom stereocenters. The first kappa shape index (κ1) is 15.5. The molecule has 0 bridgehead atoms. The van der Waals surface area contributed by atoms with Gasteiger partial charge in [0.15, 0.2) is 0 Å². The molecule has 0 spiro atoms. The van der Waals surface area contributed by atoms with Gasteiger partial charge in [0.05, 0.1) is 22.3 Å². The zero-order valence-electron chi connectivity index (χ0n) is 11.3. The molecule has 8 nitrogen and oxygen atoms in total. The minimum Gasteiger partial charge on any atom is -0.460 e. The molecule has 0 aliphatic heterocycles. The van der Waals surface area contributed by atoms with Crippen molar-refractivity contribution in [3.8, 4) is 0 Å². The number of nitro groups is 2. The van der Waals surface area contributed by atoms with Crippen molar-refractivity contribution in [3.63, 3.8) is 0 Å². The number of carbonyl (C=O) groups is 1. The molecular weight excluding hydrogens is 268 g/mol. The van der Waals surface area contributed by atoms with Crippen LogP contribution in [0.4, 0.5) is 11.4 Å². The van der Waals surface area contributed by atoms with Crippen molar-refractivity contribution < 1.29 is 19.4 Å². The number of ether oxygens (including phenoxy) is 1. The second-order valence-electron chi connectivity index (χ2n) is 5.09. The topological polar surface area (TPSA) is 113 Å². The number of rotatable bonds is 4. The Bertz CT molecular complexity index is 562.